The molecule has 2 aliphatic heterocycles. The minimum Gasteiger partial charge on any atom is -0.508 e. The number of nitrogens with zero attached hydrogens (tertiary/aromatic N) is 2. The number of phenolic OH excluding ortho intramolecular Hbond substituents is 1. The monoisotopic (exact) mass is 425 g/mol. The van der Waals surface area contributed by atoms with Crippen LogP contribution in [0.1, 0.15) is 23.1 Å². The van der Waals surface area contributed by atoms with Crippen LogP contribution in [-0.2, 0) is 11.3 Å². The van der Waals surface area contributed by atoms with E-state index in [0.29, 0.717) is 6.54 Å². The molecule has 0 spiro atoms. The van der Waals surface area contributed by atoms with Crippen LogP contribution < -0.4 is 5.32 Å². The predicted octanol–water partition coefficient (Wildman–Crippen LogP) is 3.64. The van der Waals surface area contributed by atoms with Crippen LogP contribution in [-0.4, -0.2) is 46.0 Å². The number of aromatic hydroxyl groups is 1. The number of carbonyl (C=O) groups is 2. The van der Waals surface area contributed by atoms with Crippen LogP contribution >= 0.6 is 0 Å². The number of aryl methyl sites for hydroxylation is 1. The first-order chi connectivity index (χ1) is 14.8. The normalized spacial score (nSPS) is 21.8. The third-order valence-corrected chi connectivity index (χ3v) is 6.40. The molecule has 31 heavy (non-hydrogen) atoms. The second-order valence-corrected chi connectivity index (χ2v) is 8.34. The van der Waals surface area contributed by atoms with Crippen molar-refractivity contribution >= 4 is 23.2 Å². The fourth-order valence-electron chi connectivity index (χ4n) is 4.86. The van der Waals surface area contributed by atoms with Gasteiger partial charge in [-0.15, -0.1) is 0 Å². The van der Waals surface area contributed by atoms with Gasteiger partial charge in [-0.3, -0.25) is 4.79 Å². The zero-order chi connectivity index (χ0) is 21.9. The summed E-state index contributed by atoms with van der Waals surface area (Å²) in [5, 5.41) is 12.2. The Bertz CT molecular complexity index is 1150. The maximum atomic E-state index is 14.1. The lowest BCUT2D eigenvalue weighted by molar-refractivity contribution is -0.132. The number of phenols is 1. The van der Waals surface area contributed by atoms with Gasteiger partial charge in [0.25, 0.3) is 0 Å². The quantitative estimate of drug-likeness (QED) is 0.789. The molecule has 6 nitrogen and oxygen atoms in total. The largest absolute Gasteiger partial charge is 0.508 e. The molecule has 0 unspecified atom stereocenters. The van der Waals surface area contributed by atoms with E-state index in [0.717, 1.165) is 23.6 Å². The number of hydrogen-bond donors (Lipinski definition) is 2. The zero-order valence-corrected chi connectivity index (χ0v) is 16.9. The summed E-state index contributed by atoms with van der Waals surface area (Å²) in [7, 11) is 0. The Morgan fingerprint density at radius 2 is 2.06 bits per heavy atom. The molecule has 0 radical (unpaired) electrons. The van der Waals surface area contributed by atoms with Crippen LogP contribution in [0.5, 0.6) is 5.75 Å². The molecule has 2 N–H and O–H groups in total. The third kappa shape index (κ3) is 3.22. The number of fused-ring (bicyclic) bond motifs is 3. The summed E-state index contributed by atoms with van der Waals surface area (Å²) in [6, 6.07) is 7.00. The van der Waals surface area contributed by atoms with Gasteiger partial charge in [-0.1, -0.05) is 12.1 Å². The van der Waals surface area contributed by atoms with Crippen molar-refractivity contribution in [3.63, 3.8) is 0 Å². The topological polar surface area (TPSA) is 72.9 Å². The van der Waals surface area contributed by atoms with Crippen molar-refractivity contribution in [1.82, 2.24) is 9.80 Å². The average Bonchev–Trinajstić information content (AvgIpc) is 3.33. The molecular weight excluding hydrogens is 404 g/mol. The highest BCUT2D eigenvalue weighted by Gasteiger charge is 2.42. The molecule has 8 heteroatoms. The first-order valence-corrected chi connectivity index (χ1v) is 10.2. The Labute approximate surface area is 177 Å². The number of amides is 3. The van der Waals surface area contributed by atoms with Crippen LogP contribution in [0.4, 0.5) is 19.3 Å². The van der Waals surface area contributed by atoms with E-state index in [1.807, 2.05) is 13.0 Å². The van der Waals surface area contributed by atoms with Crippen LogP contribution in [0.25, 0.3) is 5.57 Å². The number of urea groups is 1. The number of hydrogen-bond acceptors (Lipinski definition) is 3. The first kappa shape index (κ1) is 19.5. The average molecular weight is 425 g/mol. The number of benzene rings is 2. The van der Waals surface area contributed by atoms with Gasteiger partial charge in [-0.2, -0.15) is 0 Å². The Kier molecular flexibility index (Phi) is 4.46. The van der Waals surface area contributed by atoms with Gasteiger partial charge in [0.2, 0.25) is 5.91 Å². The van der Waals surface area contributed by atoms with Crippen molar-refractivity contribution in [2.45, 2.75) is 25.9 Å². The Morgan fingerprint density at radius 1 is 1.26 bits per heavy atom. The Morgan fingerprint density at radius 3 is 2.77 bits per heavy atom. The number of likely N-dealkylation sites (tertiary alicyclic amines) is 1. The molecule has 1 saturated heterocycles. The van der Waals surface area contributed by atoms with Crippen LogP contribution in [0.3, 0.4) is 0 Å². The molecule has 3 amide bonds. The van der Waals surface area contributed by atoms with Crippen molar-refractivity contribution in [1.29, 1.82) is 0 Å². The van der Waals surface area contributed by atoms with E-state index >= 15 is 0 Å². The standard InChI is InChI=1S/C23H21F2N3O3/c1-12-6-15(29)2-3-16(12)17-8-14-7-13(17)9-28(14)21(30)11-27-10-18-20(26-23(27)31)5-4-19(24)22(18)25/h2-6,8,13-14,29H,7,9-11H2,1H3,(H,26,31)/t13-,14-/m0/s1. The molecule has 2 aromatic rings. The highest BCUT2D eigenvalue weighted by atomic mass is 19.2. The summed E-state index contributed by atoms with van der Waals surface area (Å²) in [6.45, 7) is 2.13. The SMILES string of the molecule is Cc1cc(O)ccc1C1=C[C@@H]2C[C@H]1CN2C(=O)CN1Cc2c(ccc(F)c2F)NC1=O. The number of carbonyl (C=O) groups excluding carboxylic acids is 2. The van der Waals surface area contributed by atoms with Gasteiger partial charge in [0.15, 0.2) is 11.6 Å². The molecular formula is C23H21F2N3O3. The van der Waals surface area contributed by atoms with E-state index in [2.05, 4.69) is 11.4 Å². The molecule has 0 aromatic heterocycles. The van der Waals surface area contributed by atoms with Gasteiger partial charge >= 0.3 is 6.03 Å². The van der Waals surface area contributed by atoms with Gasteiger partial charge in [-0.05, 0) is 54.3 Å². The van der Waals surface area contributed by atoms with Crippen molar-refractivity contribution in [2.24, 2.45) is 5.92 Å². The second kappa shape index (κ2) is 7.08. The summed E-state index contributed by atoms with van der Waals surface area (Å²) in [5.41, 5.74) is 3.50. The lowest BCUT2D eigenvalue weighted by Gasteiger charge is -2.32. The van der Waals surface area contributed by atoms with Gasteiger partial charge in [0, 0.05) is 18.0 Å². The van der Waals surface area contributed by atoms with Crippen molar-refractivity contribution < 1.29 is 23.5 Å². The zero-order valence-electron chi connectivity index (χ0n) is 16.9. The summed E-state index contributed by atoms with van der Waals surface area (Å²) < 4.78 is 27.7. The fourth-order valence-corrected chi connectivity index (χ4v) is 4.86. The van der Waals surface area contributed by atoms with E-state index in [4.69, 9.17) is 0 Å². The van der Waals surface area contributed by atoms with Gasteiger partial charge in [0.05, 0.1) is 18.3 Å². The second-order valence-electron chi connectivity index (χ2n) is 8.34. The third-order valence-electron chi connectivity index (χ3n) is 6.40. The van der Waals surface area contributed by atoms with E-state index in [9.17, 15) is 23.5 Å². The molecule has 0 saturated carbocycles. The number of halogens is 2. The van der Waals surface area contributed by atoms with Crippen molar-refractivity contribution in [3.05, 3.63) is 64.7 Å². The molecule has 2 bridgehead atoms. The smallest absolute Gasteiger partial charge is 0.322 e. The minimum atomic E-state index is -1.01. The van der Waals surface area contributed by atoms with Crippen molar-refractivity contribution in [2.75, 3.05) is 18.4 Å². The molecule has 1 fully saturated rings. The molecule has 2 heterocycles. The molecule has 3 aliphatic rings. The van der Waals surface area contributed by atoms with Crippen LogP contribution in [0.15, 0.2) is 36.4 Å². The molecule has 5 rings (SSSR count). The fraction of sp³-hybridized carbons (Fsp3) is 0.304. The van der Waals surface area contributed by atoms with Crippen LogP contribution in [0.2, 0.25) is 0 Å². The number of anilines is 1. The van der Waals surface area contributed by atoms with Crippen LogP contribution in [0, 0.1) is 24.5 Å². The lowest BCUT2D eigenvalue weighted by Crippen LogP contribution is -2.47. The highest BCUT2D eigenvalue weighted by molar-refractivity contribution is 5.95. The minimum absolute atomic E-state index is 0.0420. The highest BCUT2D eigenvalue weighted by Crippen LogP contribution is 2.43. The van der Waals surface area contributed by atoms with E-state index in [1.165, 1.54) is 16.5 Å². The number of rotatable bonds is 3. The molecule has 2 aromatic carbocycles. The van der Waals surface area contributed by atoms with Gasteiger partial charge in [0.1, 0.15) is 12.3 Å². The summed E-state index contributed by atoms with van der Waals surface area (Å²) >= 11 is 0. The maximum Gasteiger partial charge on any atom is 0.322 e. The summed E-state index contributed by atoms with van der Waals surface area (Å²) in [5.74, 6) is -1.80. The predicted molar refractivity (Wildman–Crippen MR) is 110 cm³/mol. The molecule has 160 valence electrons. The number of nitrogens with one attached hydrogen (secondary N) is 1. The summed E-state index contributed by atoms with van der Waals surface area (Å²) in [4.78, 5) is 28.2. The van der Waals surface area contributed by atoms with Gasteiger partial charge < -0.3 is 20.2 Å². The maximum absolute atomic E-state index is 14.1. The lowest BCUT2D eigenvalue weighted by atomic mass is 9.92. The van der Waals surface area contributed by atoms with Gasteiger partial charge in [-0.25, -0.2) is 13.6 Å². The molecule has 1 aliphatic carbocycles. The molecule has 2 atom stereocenters. The Hall–Kier alpha value is -3.42. The van der Waals surface area contributed by atoms with E-state index in [-0.39, 0.29) is 48.0 Å². The van der Waals surface area contributed by atoms with E-state index in [1.54, 1.807) is 17.0 Å². The first-order valence-electron chi connectivity index (χ1n) is 10.2. The Balaban J connectivity index is 1.31. The van der Waals surface area contributed by atoms with Crippen molar-refractivity contribution in [3.8, 4) is 5.75 Å². The summed E-state index contributed by atoms with van der Waals surface area (Å²) in [6.07, 6.45) is 2.89. The van der Waals surface area contributed by atoms with E-state index < -0.39 is 17.7 Å².